The number of nitrogens with one attached hydrogen (secondary N) is 1. The molecule has 41 heavy (non-hydrogen) atoms. The number of ether oxygens (including phenoxy) is 1. The Labute approximate surface area is 239 Å². The Kier molecular flexibility index (Phi) is 8.47. The third kappa shape index (κ3) is 6.16. The standard InChI is InChI=1S/C30H40FN5O5/c1-18(2)19(3)33-30(39)40-17-36(15-11-23-20(4)32-28-25(37)6-5-12-35(28)29(23)38)13-9-21(10-14-36)27-24-8-7-22(31)16-26(24)41-34-27/h7-8,16,18-19,21,25,37H,5-6,9-15,17H2,1-4H3/p+1. The van der Waals surface area contributed by atoms with Crippen molar-refractivity contribution in [3.63, 3.8) is 0 Å². The minimum absolute atomic E-state index is 0.0217. The molecule has 4 heterocycles. The van der Waals surface area contributed by atoms with E-state index < -0.39 is 12.2 Å². The number of hydrogen-bond acceptors (Lipinski definition) is 7. The topological polar surface area (TPSA) is 119 Å². The van der Waals surface area contributed by atoms with E-state index in [0.29, 0.717) is 66.2 Å². The number of piperidine rings is 1. The van der Waals surface area contributed by atoms with Crippen LogP contribution in [0.25, 0.3) is 11.0 Å². The molecule has 1 aromatic carbocycles. The third-order valence-corrected chi connectivity index (χ3v) is 9.06. The van der Waals surface area contributed by atoms with Gasteiger partial charge in [-0.3, -0.25) is 13.8 Å². The number of carbonyl (C=O) groups is 1. The number of aryl methyl sites for hydroxylation is 1. The molecule has 0 radical (unpaired) electrons. The first-order valence-electron chi connectivity index (χ1n) is 14.7. The molecule has 3 aromatic rings. The normalized spacial score (nSPS) is 23.4. The number of nitrogens with zero attached hydrogens (tertiary/aromatic N) is 4. The molecular weight excluding hydrogens is 529 g/mol. The van der Waals surface area contributed by atoms with Crippen LogP contribution < -0.4 is 10.9 Å². The average molecular weight is 571 g/mol. The highest BCUT2D eigenvalue weighted by Crippen LogP contribution is 2.35. The maximum absolute atomic E-state index is 13.7. The predicted molar refractivity (Wildman–Crippen MR) is 151 cm³/mol. The Morgan fingerprint density at radius 3 is 2.76 bits per heavy atom. The summed E-state index contributed by atoms with van der Waals surface area (Å²) < 4.78 is 27.0. The molecule has 1 amide bonds. The molecule has 0 saturated carbocycles. The van der Waals surface area contributed by atoms with Crippen LogP contribution in [0.2, 0.25) is 0 Å². The number of benzene rings is 1. The van der Waals surface area contributed by atoms with Crippen molar-refractivity contribution in [1.82, 2.24) is 20.0 Å². The number of aliphatic hydroxyl groups is 1. The fourth-order valence-electron chi connectivity index (χ4n) is 6.02. The van der Waals surface area contributed by atoms with Crippen LogP contribution in [-0.4, -0.2) is 62.8 Å². The Bertz CT molecular complexity index is 1460. The summed E-state index contributed by atoms with van der Waals surface area (Å²) >= 11 is 0. The van der Waals surface area contributed by atoms with E-state index in [9.17, 15) is 19.1 Å². The van der Waals surface area contributed by atoms with Gasteiger partial charge in [0.15, 0.2) is 5.58 Å². The van der Waals surface area contributed by atoms with Gasteiger partial charge in [0.2, 0.25) is 6.73 Å². The number of halogens is 1. The van der Waals surface area contributed by atoms with Crippen molar-refractivity contribution in [3.8, 4) is 0 Å². The van der Waals surface area contributed by atoms with Gasteiger partial charge in [-0.25, -0.2) is 14.2 Å². The largest absolute Gasteiger partial charge is 0.411 e. The van der Waals surface area contributed by atoms with Gasteiger partial charge in [-0.1, -0.05) is 19.0 Å². The van der Waals surface area contributed by atoms with Crippen LogP contribution in [0.5, 0.6) is 0 Å². The van der Waals surface area contributed by atoms with Gasteiger partial charge in [0.25, 0.3) is 5.56 Å². The smallest absolute Gasteiger partial charge is 0.399 e. The van der Waals surface area contributed by atoms with Gasteiger partial charge in [0, 0.05) is 60.5 Å². The zero-order chi connectivity index (χ0) is 29.3. The van der Waals surface area contributed by atoms with Crippen molar-refractivity contribution in [2.45, 2.75) is 84.4 Å². The van der Waals surface area contributed by atoms with E-state index in [1.807, 2.05) is 27.7 Å². The van der Waals surface area contributed by atoms with Crippen molar-refractivity contribution in [3.05, 3.63) is 57.1 Å². The van der Waals surface area contributed by atoms with E-state index in [2.05, 4.69) is 15.5 Å². The minimum Gasteiger partial charge on any atom is -0.399 e. The van der Waals surface area contributed by atoms with Crippen LogP contribution in [-0.2, 0) is 17.7 Å². The molecule has 1 fully saturated rings. The van der Waals surface area contributed by atoms with Crippen molar-refractivity contribution in [2.75, 3.05) is 26.4 Å². The van der Waals surface area contributed by atoms with Crippen LogP contribution >= 0.6 is 0 Å². The monoisotopic (exact) mass is 570 g/mol. The van der Waals surface area contributed by atoms with Gasteiger partial charge in [0.1, 0.15) is 17.7 Å². The molecule has 0 bridgehead atoms. The highest BCUT2D eigenvalue weighted by molar-refractivity contribution is 5.79. The van der Waals surface area contributed by atoms with E-state index in [1.54, 1.807) is 10.6 Å². The lowest BCUT2D eigenvalue weighted by molar-refractivity contribution is -0.947. The van der Waals surface area contributed by atoms with Crippen molar-refractivity contribution in [1.29, 1.82) is 0 Å². The lowest BCUT2D eigenvalue weighted by Crippen LogP contribution is -2.56. The van der Waals surface area contributed by atoms with Crippen molar-refractivity contribution in [2.24, 2.45) is 5.92 Å². The summed E-state index contributed by atoms with van der Waals surface area (Å²) in [6, 6.07) is 4.47. The summed E-state index contributed by atoms with van der Waals surface area (Å²) in [4.78, 5) is 30.7. The molecule has 2 atom stereocenters. The molecular formula is C30H41FN5O5+. The number of alkyl carbamates (subject to hydrolysis) is 1. The first-order chi connectivity index (χ1) is 19.6. The number of carbonyl (C=O) groups excluding carboxylic acids is 1. The number of fused-ring (bicyclic) bond motifs is 2. The second-order valence-electron chi connectivity index (χ2n) is 12.1. The number of aromatic nitrogens is 3. The molecule has 5 rings (SSSR count). The fraction of sp³-hybridized carbons (Fsp3) is 0.600. The summed E-state index contributed by atoms with van der Waals surface area (Å²) in [5, 5.41) is 18.4. The Morgan fingerprint density at radius 1 is 1.27 bits per heavy atom. The van der Waals surface area contributed by atoms with Crippen molar-refractivity contribution >= 4 is 17.1 Å². The maximum atomic E-state index is 13.7. The molecule has 0 spiro atoms. The summed E-state index contributed by atoms with van der Waals surface area (Å²) in [5.41, 5.74) is 2.45. The van der Waals surface area contributed by atoms with E-state index >= 15 is 0 Å². The summed E-state index contributed by atoms with van der Waals surface area (Å²) in [7, 11) is 0. The lowest BCUT2D eigenvalue weighted by Gasteiger charge is -2.42. The van der Waals surface area contributed by atoms with Crippen LogP contribution in [0.3, 0.4) is 0 Å². The van der Waals surface area contributed by atoms with Crippen LogP contribution in [0, 0.1) is 18.7 Å². The van der Waals surface area contributed by atoms with Crippen LogP contribution in [0.15, 0.2) is 27.5 Å². The second-order valence-corrected chi connectivity index (χ2v) is 12.1. The molecule has 222 valence electrons. The number of hydrogen-bond donors (Lipinski definition) is 2. The number of amides is 1. The Morgan fingerprint density at radius 2 is 2.02 bits per heavy atom. The van der Waals surface area contributed by atoms with Gasteiger partial charge in [-0.15, -0.1) is 0 Å². The molecule has 2 unspecified atom stereocenters. The quantitative estimate of drug-likeness (QED) is 0.387. The molecule has 2 aromatic heterocycles. The third-order valence-electron chi connectivity index (χ3n) is 9.06. The molecule has 11 heteroatoms. The molecule has 0 aliphatic carbocycles. The second kappa shape index (κ2) is 11.9. The van der Waals surface area contributed by atoms with Gasteiger partial charge in [0.05, 0.1) is 25.3 Å². The van der Waals surface area contributed by atoms with E-state index in [4.69, 9.17) is 9.26 Å². The van der Waals surface area contributed by atoms with E-state index in [1.165, 1.54) is 12.1 Å². The van der Waals surface area contributed by atoms with Crippen molar-refractivity contribution < 1.29 is 28.0 Å². The van der Waals surface area contributed by atoms with E-state index in [0.717, 1.165) is 30.3 Å². The molecule has 10 nitrogen and oxygen atoms in total. The van der Waals surface area contributed by atoms with E-state index in [-0.39, 0.29) is 36.0 Å². The number of aliphatic hydroxyl groups excluding tert-OH is 1. The first-order valence-corrected chi connectivity index (χ1v) is 14.7. The SMILES string of the molecule is Cc1nc2n(c(=O)c1CC[N+]1(COC(=O)NC(C)C(C)C)CCC(c3noc4cc(F)ccc34)CC1)CCCC2O. The molecule has 2 N–H and O–H groups in total. The molecule has 2 aliphatic rings. The number of likely N-dealkylation sites (tertiary alicyclic amines) is 1. The number of rotatable bonds is 8. The summed E-state index contributed by atoms with van der Waals surface area (Å²) in [6.07, 6.45) is 2.22. The predicted octanol–water partition coefficient (Wildman–Crippen LogP) is 4.32. The highest BCUT2D eigenvalue weighted by Gasteiger charge is 2.38. The summed E-state index contributed by atoms with van der Waals surface area (Å²) in [6.45, 7) is 10.6. The minimum atomic E-state index is -0.717. The fourth-order valence-corrected chi connectivity index (χ4v) is 6.02. The first kappa shape index (κ1) is 29.2. The molecule has 2 aliphatic heterocycles. The van der Waals surface area contributed by atoms with Gasteiger partial charge in [-0.2, -0.15) is 0 Å². The van der Waals surface area contributed by atoms with Gasteiger partial charge >= 0.3 is 6.09 Å². The van der Waals surface area contributed by atoms with Gasteiger partial charge in [-0.05, 0) is 44.7 Å². The average Bonchev–Trinajstić information content (AvgIpc) is 3.36. The van der Waals surface area contributed by atoms with Crippen LogP contribution in [0.4, 0.5) is 9.18 Å². The highest BCUT2D eigenvalue weighted by atomic mass is 19.1. The summed E-state index contributed by atoms with van der Waals surface area (Å²) in [5.74, 6) is 0.491. The Balaban J connectivity index is 1.34. The lowest BCUT2D eigenvalue weighted by atomic mass is 9.90. The Hall–Kier alpha value is -3.31. The number of quaternary nitrogens is 1. The van der Waals surface area contributed by atoms with Gasteiger partial charge < -0.3 is 19.7 Å². The zero-order valence-corrected chi connectivity index (χ0v) is 24.4. The van der Waals surface area contributed by atoms with Crippen LogP contribution in [0.1, 0.15) is 81.3 Å². The molecule has 1 saturated heterocycles. The zero-order valence-electron chi connectivity index (χ0n) is 24.4. The maximum Gasteiger partial charge on any atom is 0.411 e.